The Kier molecular flexibility index (Phi) is 5.17. The number of halogens is 3. The number of alkyl halides is 3. The first kappa shape index (κ1) is 18.9. The zero-order chi connectivity index (χ0) is 19.6. The number of rotatable bonds is 3. The molecule has 3 aromatic heterocycles. The summed E-state index contributed by atoms with van der Waals surface area (Å²) in [6.45, 7) is -0.00609. The van der Waals surface area contributed by atoms with Crippen molar-refractivity contribution in [1.82, 2.24) is 19.5 Å². The summed E-state index contributed by atoms with van der Waals surface area (Å²) in [4.78, 5) is 11.9. The number of amides is 1. The van der Waals surface area contributed by atoms with E-state index >= 15 is 0 Å². The molecule has 140 valence electrons. The molecule has 0 unspecified atom stereocenters. The number of pyridine rings is 1. The van der Waals surface area contributed by atoms with E-state index in [2.05, 4.69) is 22.3 Å². The Balaban J connectivity index is 1.82. The van der Waals surface area contributed by atoms with E-state index in [1.807, 2.05) is 0 Å². The average molecular weight is 440 g/mol. The molecular weight excluding hydrogens is 426 g/mol. The van der Waals surface area contributed by atoms with Crippen molar-refractivity contribution in [3.05, 3.63) is 47.9 Å². The van der Waals surface area contributed by atoms with Gasteiger partial charge in [0.2, 0.25) is 0 Å². The third kappa shape index (κ3) is 4.45. The zero-order valence-corrected chi connectivity index (χ0v) is 15.8. The summed E-state index contributed by atoms with van der Waals surface area (Å²) in [5.41, 5.74) is 7.33. The molecule has 0 radical (unpaired) electrons. The Bertz CT molecular complexity index is 1060. The Morgan fingerprint density at radius 3 is 2.89 bits per heavy atom. The number of hydrogen-bond donors (Lipinski definition) is 2. The normalized spacial score (nSPS) is 11.3. The van der Waals surface area contributed by atoms with Crippen LogP contribution < -0.4 is 15.6 Å². The fourth-order valence-corrected chi connectivity index (χ4v) is 3.87. The monoisotopic (exact) mass is 441 g/mol. The molecule has 3 aromatic rings. The van der Waals surface area contributed by atoms with Crippen LogP contribution in [0.25, 0.3) is 5.52 Å². The van der Waals surface area contributed by atoms with E-state index in [1.54, 1.807) is 25.4 Å². The first-order chi connectivity index (χ1) is 12.7. The molecule has 6 nitrogen and oxygen atoms in total. The number of carbonyl (C=O) groups excluding carboxylic acids is 1. The predicted octanol–water partition coefficient (Wildman–Crippen LogP) is 0.886. The molecule has 3 rings (SSSR count). The number of carbonyl (C=O) groups is 1. The number of nitrogens with zero attached hydrogens (tertiary/aromatic N) is 3. The van der Waals surface area contributed by atoms with Crippen LogP contribution in [-0.4, -0.2) is 46.7 Å². The molecule has 3 heterocycles. The average Bonchev–Trinajstić information content (AvgIpc) is 3.16. The van der Waals surface area contributed by atoms with Gasteiger partial charge in [-0.2, -0.15) is 0 Å². The van der Waals surface area contributed by atoms with Crippen molar-refractivity contribution in [3.63, 3.8) is 0 Å². The second-order valence-corrected chi connectivity index (χ2v) is 7.73. The van der Waals surface area contributed by atoms with Crippen LogP contribution in [0, 0.1) is 11.8 Å². The quantitative estimate of drug-likeness (QED) is 0.469. The summed E-state index contributed by atoms with van der Waals surface area (Å²) in [6, 6.07) is 4.74. The van der Waals surface area contributed by atoms with Crippen LogP contribution in [0.5, 0.6) is 0 Å². The molecule has 10 heteroatoms. The van der Waals surface area contributed by atoms with Crippen molar-refractivity contribution in [2.45, 2.75) is 5.07 Å². The second-order valence-electron chi connectivity index (χ2n) is 5.52. The van der Waals surface area contributed by atoms with Crippen molar-refractivity contribution in [2.24, 2.45) is 7.05 Å². The topological polar surface area (TPSA) is 77.3 Å². The van der Waals surface area contributed by atoms with E-state index in [0.29, 0.717) is 16.8 Å². The Labute approximate surface area is 158 Å². The molecule has 0 saturated carbocycles. The fourth-order valence-electron chi connectivity index (χ4n) is 2.40. The second kappa shape index (κ2) is 7.39. The summed E-state index contributed by atoms with van der Waals surface area (Å²) >= 11 is -1.78. The van der Waals surface area contributed by atoms with Crippen molar-refractivity contribution in [2.75, 3.05) is 12.3 Å². The summed E-state index contributed by atoms with van der Waals surface area (Å²) in [7, 11) is 1.68. The van der Waals surface area contributed by atoms with Gasteiger partial charge >= 0.3 is 158 Å². The first-order valence-corrected chi connectivity index (χ1v) is 9.37. The summed E-state index contributed by atoms with van der Waals surface area (Å²) in [5, 5.41) is 2.15. The van der Waals surface area contributed by atoms with Gasteiger partial charge in [0.15, 0.2) is 0 Å². The van der Waals surface area contributed by atoms with Crippen molar-refractivity contribution < 1.29 is 18.0 Å². The van der Waals surface area contributed by atoms with Crippen LogP contribution in [0.15, 0.2) is 36.8 Å². The number of nitrogens with two attached hydrogens (primary N) is 1. The maximum atomic E-state index is 13.0. The van der Waals surface area contributed by atoms with Crippen LogP contribution in [-0.2, 0) is 7.05 Å². The molecular formula is C17H14F3N5OSe. The van der Waals surface area contributed by atoms with Gasteiger partial charge in [-0.3, -0.25) is 0 Å². The molecule has 1 amide bonds. The van der Waals surface area contributed by atoms with E-state index in [1.165, 1.54) is 27.5 Å². The first-order valence-electron chi connectivity index (χ1n) is 7.65. The number of nitrogen functional groups attached to an aromatic ring is 1. The number of fused-ring (bicyclic) bond motifs is 1. The summed E-state index contributed by atoms with van der Waals surface area (Å²) in [6.07, 6.45) is 4.50. The standard InChI is InChI=1S/C17H14F3N5OSe/c1-24-10-12(9-23-24)15(26)22-6-2-4-11-8-14-13(21)5-3-7-25(14)16(11)27-17(18,19)20/h3,5,7-10H,6,21H2,1H3,(H,22,26). The minimum atomic E-state index is -4.32. The molecule has 0 aliphatic carbocycles. The molecule has 0 aliphatic rings. The van der Waals surface area contributed by atoms with Gasteiger partial charge in [0.1, 0.15) is 0 Å². The number of nitrogens with one attached hydrogen (secondary N) is 1. The van der Waals surface area contributed by atoms with Gasteiger partial charge in [-0.05, 0) is 0 Å². The summed E-state index contributed by atoms with van der Waals surface area (Å²) < 4.78 is 41.9. The van der Waals surface area contributed by atoms with Gasteiger partial charge in [-0.15, -0.1) is 0 Å². The van der Waals surface area contributed by atoms with Gasteiger partial charge in [0, 0.05) is 0 Å². The number of hydrogen-bond acceptors (Lipinski definition) is 3. The van der Waals surface area contributed by atoms with Crippen molar-refractivity contribution in [1.29, 1.82) is 0 Å². The Hall–Kier alpha value is -2.89. The number of aromatic nitrogens is 3. The molecule has 0 bridgehead atoms. The Morgan fingerprint density at radius 2 is 2.22 bits per heavy atom. The summed E-state index contributed by atoms with van der Waals surface area (Å²) in [5.74, 6) is 5.06. The molecule has 0 aromatic carbocycles. The third-order valence-electron chi connectivity index (χ3n) is 3.54. The van der Waals surface area contributed by atoms with Gasteiger partial charge in [0.05, 0.1) is 0 Å². The van der Waals surface area contributed by atoms with Crippen LogP contribution >= 0.6 is 0 Å². The van der Waals surface area contributed by atoms with Crippen LogP contribution in [0.3, 0.4) is 0 Å². The van der Waals surface area contributed by atoms with Gasteiger partial charge < -0.3 is 0 Å². The van der Waals surface area contributed by atoms with Gasteiger partial charge in [-0.25, -0.2) is 0 Å². The molecule has 0 spiro atoms. The molecule has 0 atom stereocenters. The maximum absolute atomic E-state index is 13.0. The minimum absolute atomic E-state index is 0.00609. The van der Waals surface area contributed by atoms with Crippen molar-refractivity contribution >= 4 is 36.7 Å². The van der Waals surface area contributed by atoms with Gasteiger partial charge in [0.25, 0.3) is 0 Å². The van der Waals surface area contributed by atoms with E-state index in [0.717, 1.165) is 0 Å². The van der Waals surface area contributed by atoms with Crippen LogP contribution in [0.1, 0.15) is 15.9 Å². The van der Waals surface area contributed by atoms with Crippen molar-refractivity contribution in [3.8, 4) is 11.8 Å². The zero-order valence-electron chi connectivity index (χ0n) is 14.0. The van der Waals surface area contributed by atoms with E-state index in [-0.39, 0.29) is 22.6 Å². The third-order valence-corrected chi connectivity index (χ3v) is 5.30. The van der Waals surface area contributed by atoms with Crippen LogP contribution in [0.2, 0.25) is 0 Å². The molecule has 27 heavy (non-hydrogen) atoms. The fraction of sp³-hybridized carbons (Fsp3) is 0.176. The number of anilines is 1. The van der Waals surface area contributed by atoms with Crippen LogP contribution in [0.4, 0.5) is 18.9 Å². The Morgan fingerprint density at radius 1 is 1.44 bits per heavy atom. The molecule has 0 aliphatic heterocycles. The van der Waals surface area contributed by atoms with Gasteiger partial charge in [-0.1, -0.05) is 0 Å². The molecule has 0 fully saturated rings. The SMILES string of the molecule is Cn1cc(C(=O)NCC#Cc2cc3c(N)cccn3c2[Se]C(F)(F)F)cn1. The van der Waals surface area contributed by atoms with E-state index < -0.39 is 20.0 Å². The predicted molar refractivity (Wildman–Crippen MR) is 95.7 cm³/mol. The molecule has 3 N–H and O–H groups in total. The number of aryl methyl sites for hydroxylation is 1. The molecule has 0 saturated heterocycles. The van der Waals surface area contributed by atoms with E-state index in [9.17, 15) is 18.0 Å². The van der Waals surface area contributed by atoms with E-state index in [4.69, 9.17) is 5.73 Å².